The lowest BCUT2D eigenvalue weighted by Gasteiger charge is -2.23. The molecule has 0 aliphatic carbocycles. The maximum atomic E-state index is 10.9. The Morgan fingerprint density at radius 3 is 2.07 bits per heavy atom. The van der Waals surface area contributed by atoms with E-state index in [-0.39, 0.29) is 5.57 Å². The van der Waals surface area contributed by atoms with Gasteiger partial charge >= 0.3 is 11.9 Å². The molecule has 0 aromatic carbocycles. The first kappa shape index (κ1) is 12.6. The highest BCUT2D eigenvalue weighted by atomic mass is 16.5. The van der Waals surface area contributed by atoms with Crippen molar-refractivity contribution in [3.63, 3.8) is 0 Å². The largest absolute Gasteiger partial charge is 0.478 e. The van der Waals surface area contributed by atoms with Gasteiger partial charge in [0.05, 0.1) is 18.3 Å². The molecule has 0 atom stereocenters. The van der Waals surface area contributed by atoms with Gasteiger partial charge in [-0.2, -0.15) is 0 Å². The summed E-state index contributed by atoms with van der Waals surface area (Å²) in [5, 5.41) is 8.83. The minimum atomic E-state index is -1.21. The van der Waals surface area contributed by atoms with E-state index in [4.69, 9.17) is 9.84 Å². The summed E-state index contributed by atoms with van der Waals surface area (Å²) in [4.78, 5) is 21.7. The number of ether oxygens (including phenoxy) is 2. The molecule has 0 rings (SSSR count). The molecule has 0 aliphatic rings. The average molecular weight is 202 g/mol. The molecule has 80 valence electrons. The molecule has 0 unspecified atom stereocenters. The minimum absolute atomic E-state index is 0.146. The molecule has 0 aliphatic heterocycles. The number of hydrogen-bond donors (Lipinski definition) is 1. The number of carbonyl (C=O) groups is 2. The van der Waals surface area contributed by atoms with Crippen LogP contribution >= 0.6 is 0 Å². The summed E-state index contributed by atoms with van der Waals surface area (Å²) in [7, 11) is 2.55. The maximum Gasteiger partial charge on any atom is 0.334 e. The zero-order chi connectivity index (χ0) is 11.4. The van der Waals surface area contributed by atoms with Gasteiger partial charge in [0.1, 0.15) is 0 Å². The number of carbonyl (C=O) groups excluding carboxylic acids is 1. The number of aliphatic carboxylic acids is 1. The molecule has 0 spiro atoms. The quantitative estimate of drug-likeness (QED) is 0.533. The number of carboxylic acids is 1. The van der Waals surface area contributed by atoms with Crippen molar-refractivity contribution in [3.05, 3.63) is 11.6 Å². The number of rotatable bonds is 4. The average Bonchev–Trinajstić information content (AvgIpc) is 2.12. The second kappa shape index (κ2) is 4.76. The lowest BCUT2D eigenvalue weighted by molar-refractivity contribution is -0.138. The van der Waals surface area contributed by atoms with Gasteiger partial charge in [-0.3, -0.25) is 0 Å². The van der Waals surface area contributed by atoms with E-state index in [2.05, 4.69) is 4.74 Å². The van der Waals surface area contributed by atoms with Crippen molar-refractivity contribution in [2.45, 2.75) is 19.4 Å². The van der Waals surface area contributed by atoms with Crippen LogP contribution in [0.5, 0.6) is 0 Å². The van der Waals surface area contributed by atoms with Crippen LogP contribution in [0, 0.1) is 0 Å². The molecule has 5 nitrogen and oxygen atoms in total. The highest BCUT2D eigenvalue weighted by molar-refractivity contribution is 5.96. The fourth-order valence-electron chi connectivity index (χ4n) is 0.780. The lowest BCUT2D eigenvalue weighted by atomic mass is 9.97. The van der Waals surface area contributed by atoms with E-state index in [1.165, 1.54) is 14.2 Å². The van der Waals surface area contributed by atoms with E-state index in [1.807, 2.05) is 0 Å². The Labute approximate surface area is 82.3 Å². The van der Waals surface area contributed by atoms with Crippen LogP contribution in [0.3, 0.4) is 0 Å². The minimum Gasteiger partial charge on any atom is -0.478 e. The number of esters is 1. The summed E-state index contributed by atoms with van der Waals surface area (Å²) in [6, 6.07) is 0. The SMILES string of the molecule is COC(=O)/C=C(\C(=O)O)C(C)(C)OC. The maximum absolute atomic E-state index is 10.9. The molecule has 0 saturated carbocycles. The Kier molecular flexibility index (Phi) is 4.30. The molecule has 0 aromatic rings. The molecule has 0 heterocycles. The number of hydrogen-bond acceptors (Lipinski definition) is 4. The van der Waals surface area contributed by atoms with Gasteiger partial charge in [-0.05, 0) is 13.8 Å². The summed E-state index contributed by atoms with van der Waals surface area (Å²) in [5.41, 5.74) is -1.17. The summed E-state index contributed by atoms with van der Waals surface area (Å²) in [6.07, 6.45) is 0.909. The molecule has 0 radical (unpaired) electrons. The fourth-order valence-corrected chi connectivity index (χ4v) is 0.780. The molecule has 5 heteroatoms. The van der Waals surface area contributed by atoms with Crippen molar-refractivity contribution in [1.29, 1.82) is 0 Å². The third-order valence-corrected chi connectivity index (χ3v) is 1.85. The Bertz CT molecular complexity index is 264. The molecular weight excluding hydrogens is 188 g/mol. The topological polar surface area (TPSA) is 72.8 Å². The standard InChI is InChI=1S/C9H14O5/c1-9(2,14-4)6(8(11)12)5-7(10)13-3/h5H,1-4H3,(H,11,12)/b6-5+. The Morgan fingerprint density at radius 2 is 1.79 bits per heavy atom. The van der Waals surface area contributed by atoms with Crippen LogP contribution in [-0.4, -0.2) is 36.9 Å². The first-order valence-electron chi connectivity index (χ1n) is 3.93. The summed E-state index contributed by atoms with van der Waals surface area (Å²) >= 11 is 0. The molecule has 0 fully saturated rings. The highest BCUT2D eigenvalue weighted by Crippen LogP contribution is 2.19. The summed E-state index contributed by atoms with van der Waals surface area (Å²) in [6.45, 7) is 3.10. The van der Waals surface area contributed by atoms with Crippen LogP contribution < -0.4 is 0 Å². The van der Waals surface area contributed by atoms with Gasteiger partial charge in [-0.25, -0.2) is 9.59 Å². The van der Waals surface area contributed by atoms with Gasteiger partial charge < -0.3 is 14.6 Å². The number of carboxylic acid groups (broad SMARTS) is 1. The van der Waals surface area contributed by atoms with Gasteiger partial charge in [0.25, 0.3) is 0 Å². The van der Waals surface area contributed by atoms with E-state index in [1.54, 1.807) is 13.8 Å². The molecule has 0 aromatic heterocycles. The fraction of sp³-hybridized carbons (Fsp3) is 0.556. The van der Waals surface area contributed by atoms with Crippen molar-refractivity contribution in [2.24, 2.45) is 0 Å². The van der Waals surface area contributed by atoms with E-state index in [0.717, 1.165) is 6.08 Å². The zero-order valence-electron chi connectivity index (χ0n) is 8.66. The Morgan fingerprint density at radius 1 is 1.29 bits per heavy atom. The van der Waals surface area contributed by atoms with Crippen LogP contribution in [0.1, 0.15) is 13.8 Å². The van der Waals surface area contributed by atoms with Crippen molar-refractivity contribution in [1.82, 2.24) is 0 Å². The smallest absolute Gasteiger partial charge is 0.334 e. The Hall–Kier alpha value is -1.36. The van der Waals surface area contributed by atoms with E-state index in [0.29, 0.717) is 0 Å². The number of methoxy groups -OCH3 is 2. The van der Waals surface area contributed by atoms with E-state index < -0.39 is 17.5 Å². The van der Waals surface area contributed by atoms with Gasteiger partial charge in [-0.1, -0.05) is 0 Å². The lowest BCUT2D eigenvalue weighted by Crippen LogP contribution is -2.31. The molecule has 0 bridgehead atoms. The predicted octanol–water partition coefficient (Wildman–Crippen LogP) is 0.595. The van der Waals surface area contributed by atoms with E-state index in [9.17, 15) is 9.59 Å². The predicted molar refractivity (Wildman–Crippen MR) is 48.8 cm³/mol. The first-order valence-corrected chi connectivity index (χ1v) is 3.93. The first-order chi connectivity index (χ1) is 6.35. The molecule has 0 saturated heterocycles. The summed E-state index contributed by atoms with van der Waals surface area (Å²) < 4.78 is 9.29. The van der Waals surface area contributed by atoms with Crippen LogP contribution in [0.25, 0.3) is 0 Å². The van der Waals surface area contributed by atoms with Crippen molar-refractivity contribution >= 4 is 11.9 Å². The third-order valence-electron chi connectivity index (χ3n) is 1.85. The second-order valence-electron chi connectivity index (χ2n) is 3.10. The van der Waals surface area contributed by atoms with Gasteiger partial charge in [0, 0.05) is 13.2 Å². The van der Waals surface area contributed by atoms with Crippen LogP contribution in [0.4, 0.5) is 0 Å². The third kappa shape index (κ3) is 3.18. The van der Waals surface area contributed by atoms with Gasteiger partial charge in [-0.15, -0.1) is 0 Å². The Balaban J connectivity index is 5.06. The van der Waals surface area contributed by atoms with Crippen molar-refractivity contribution in [3.8, 4) is 0 Å². The molecule has 0 amide bonds. The summed E-state index contributed by atoms with van der Waals surface area (Å²) in [5.74, 6) is -1.92. The normalized spacial score (nSPS) is 12.4. The molecule has 14 heavy (non-hydrogen) atoms. The van der Waals surface area contributed by atoms with Gasteiger partial charge in [0.15, 0.2) is 0 Å². The highest BCUT2D eigenvalue weighted by Gasteiger charge is 2.29. The van der Waals surface area contributed by atoms with Crippen LogP contribution in [-0.2, 0) is 19.1 Å². The van der Waals surface area contributed by atoms with Crippen molar-refractivity contribution < 1.29 is 24.2 Å². The second-order valence-corrected chi connectivity index (χ2v) is 3.10. The molecule has 1 N–H and O–H groups in total. The zero-order valence-corrected chi connectivity index (χ0v) is 8.66. The monoisotopic (exact) mass is 202 g/mol. The van der Waals surface area contributed by atoms with Crippen LogP contribution in [0.15, 0.2) is 11.6 Å². The van der Waals surface area contributed by atoms with Crippen molar-refractivity contribution in [2.75, 3.05) is 14.2 Å². The van der Waals surface area contributed by atoms with E-state index >= 15 is 0 Å². The van der Waals surface area contributed by atoms with Crippen LogP contribution in [0.2, 0.25) is 0 Å². The van der Waals surface area contributed by atoms with Gasteiger partial charge in [0.2, 0.25) is 0 Å². The molecular formula is C9H14O5.